The molecule has 1 atom stereocenters. The topological polar surface area (TPSA) is 503 Å². The Labute approximate surface area is 521 Å². The van der Waals surface area contributed by atoms with Crippen molar-refractivity contribution in [1.29, 1.82) is 15.8 Å². The van der Waals surface area contributed by atoms with Crippen molar-refractivity contribution in [1.82, 2.24) is 29.3 Å². The first-order valence-corrected chi connectivity index (χ1v) is 29.7. The van der Waals surface area contributed by atoms with E-state index in [2.05, 4.69) is 29.4 Å². The number of hydrogen-bond acceptors (Lipinski definition) is 24. The van der Waals surface area contributed by atoms with Crippen molar-refractivity contribution in [3.63, 3.8) is 0 Å². The van der Waals surface area contributed by atoms with Gasteiger partial charge in [0, 0.05) is 22.5 Å². The van der Waals surface area contributed by atoms with E-state index in [9.17, 15) is 25.3 Å². The van der Waals surface area contributed by atoms with Crippen LogP contribution < -0.4 is 72.6 Å². The maximum Gasteiger partial charge on any atom is 1.00 e. The summed E-state index contributed by atoms with van der Waals surface area (Å²) in [5.74, 6) is 0.641. The molecule has 0 bridgehead atoms. The van der Waals surface area contributed by atoms with Crippen LogP contribution in [0.2, 0.25) is 0 Å². The van der Waals surface area contributed by atoms with E-state index in [0.717, 1.165) is 27.7 Å². The number of nitriles is 3. The predicted molar refractivity (Wildman–Crippen MR) is 318 cm³/mol. The Morgan fingerprint density at radius 3 is 1.30 bits per heavy atom. The molecule has 29 nitrogen and oxygen atoms in total. The molecular weight excluding hydrogens is 1230 g/mol. The Bertz CT molecular complexity index is 4300. The number of nitrogens with zero attached hydrogens (tertiary/aromatic N) is 10. The van der Waals surface area contributed by atoms with Gasteiger partial charge in [-0.2, -0.15) is 31.1 Å². The van der Waals surface area contributed by atoms with Crippen molar-refractivity contribution in [2.24, 2.45) is 5.34 Å². The van der Waals surface area contributed by atoms with E-state index >= 15 is 0 Å². The molecule has 86 heavy (non-hydrogen) atoms. The normalized spacial score (nSPS) is 10.5. The van der Waals surface area contributed by atoms with Crippen molar-refractivity contribution >= 4 is 88.2 Å². The molecular formula is C51H50ClN17NaO12PS3. The van der Waals surface area contributed by atoms with Gasteiger partial charge in [-0.15, -0.1) is 5.34 Å². The van der Waals surface area contributed by atoms with E-state index in [0.29, 0.717) is 45.5 Å². The molecule has 0 radical (unpaired) electrons. The van der Waals surface area contributed by atoms with E-state index in [1.165, 1.54) is 75.1 Å². The molecule has 0 aliphatic rings. The second-order valence-electron chi connectivity index (χ2n) is 16.8. The van der Waals surface area contributed by atoms with Crippen LogP contribution in [-0.2, 0) is 38.3 Å². The fourth-order valence-corrected chi connectivity index (χ4v) is 9.52. The number of nitrogen functional groups attached to an aromatic ring is 5. The average Bonchev–Trinajstić information content (AvgIpc) is 2.68. The third-order valence-corrected chi connectivity index (χ3v) is 15.1. The second kappa shape index (κ2) is 32.6. The van der Waals surface area contributed by atoms with Crippen LogP contribution >= 0.6 is 18.9 Å². The van der Waals surface area contributed by atoms with Crippen molar-refractivity contribution in [3.8, 4) is 35.3 Å². The number of rotatable bonds is 11. The SMILES string of the molecule is Cc1ccc(S(=O)(=O)Cl)cc1.Cc1ccc(S(=O)(=O)Nc2ccc(N)c(-n3ncc(C#N)c3N)c2)cc1.Cc1ccc(S(=O)(=O)Nc2cccc(-n3ncc(C#N)c3N)c2)cc1.N#Cc1cnn(-c2cccc(N)c2)c1N.O=N[O-].O=[P+]([O-])OO.[HH].[Na+]. The Hall–Kier alpha value is -9.46. The van der Waals surface area contributed by atoms with E-state index in [4.69, 9.17) is 80.0 Å². The summed E-state index contributed by atoms with van der Waals surface area (Å²) in [6.45, 7) is 5.64. The fraction of sp³-hybridized carbons (Fsp3) is 0.0588. The molecule has 0 spiro atoms. The summed E-state index contributed by atoms with van der Waals surface area (Å²) in [6, 6.07) is 43.6. The van der Waals surface area contributed by atoms with Crippen LogP contribution in [0.25, 0.3) is 17.1 Å². The minimum Gasteiger partial charge on any atom is -0.565 e. The summed E-state index contributed by atoms with van der Waals surface area (Å²) in [6.07, 6.45) is 4.11. The van der Waals surface area contributed by atoms with Gasteiger partial charge in [0.15, 0.2) is 0 Å². The number of aromatic nitrogens is 6. The number of hydrogen-bond donors (Lipinski definition) is 8. The van der Waals surface area contributed by atoms with Crippen LogP contribution in [-0.4, -0.2) is 59.9 Å². The first-order chi connectivity index (χ1) is 40.1. The zero-order valence-corrected chi connectivity index (χ0v) is 51.5. The molecule has 3 aromatic heterocycles. The Morgan fingerprint density at radius 1 is 0.593 bits per heavy atom. The van der Waals surface area contributed by atoms with Crippen LogP contribution in [0.15, 0.2) is 178 Å². The maximum atomic E-state index is 12.5. The molecule has 0 saturated heterocycles. The van der Waals surface area contributed by atoms with Gasteiger partial charge in [-0.1, -0.05) is 65.2 Å². The molecule has 35 heteroatoms. The minimum absolute atomic E-state index is 0. The van der Waals surface area contributed by atoms with Crippen LogP contribution in [0.1, 0.15) is 34.8 Å². The van der Waals surface area contributed by atoms with Gasteiger partial charge in [0.25, 0.3) is 29.1 Å². The first-order valence-electron chi connectivity index (χ1n) is 23.3. The van der Waals surface area contributed by atoms with Crippen molar-refractivity contribution < 1.29 is 75.6 Å². The molecule has 0 amide bonds. The van der Waals surface area contributed by atoms with Gasteiger partial charge in [-0.05, 0) is 116 Å². The predicted octanol–water partition coefficient (Wildman–Crippen LogP) is 4.28. The molecule has 0 aliphatic carbocycles. The third kappa shape index (κ3) is 20.4. The molecule has 13 N–H and O–H groups in total. The molecule has 0 saturated carbocycles. The smallest absolute Gasteiger partial charge is 0.565 e. The average molecular weight is 1280 g/mol. The van der Waals surface area contributed by atoms with Crippen LogP contribution in [0.4, 0.5) is 40.2 Å². The van der Waals surface area contributed by atoms with Crippen molar-refractivity contribution in [2.75, 3.05) is 38.1 Å². The van der Waals surface area contributed by atoms with Gasteiger partial charge in [-0.25, -0.2) is 44.6 Å². The summed E-state index contributed by atoms with van der Waals surface area (Å²) >= 11 is 0. The van der Waals surface area contributed by atoms with Gasteiger partial charge >= 0.3 is 37.8 Å². The summed E-state index contributed by atoms with van der Waals surface area (Å²) in [5.41, 5.74) is 36.1. The monoisotopic (exact) mass is 1280 g/mol. The number of nitrogens with two attached hydrogens (primary N) is 5. The minimum atomic E-state index is -3.76. The van der Waals surface area contributed by atoms with Gasteiger partial charge in [0.05, 0.1) is 67.4 Å². The molecule has 442 valence electrons. The van der Waals surface area contributed by atoms with Gasteiger partial charge in [0.1, 0.15) is 52.4 Å². The molecule has 1 unspecified atom stereocenters. The second-order valence-corrected chi connectivity index (χ2v) is 23.3. The van der Waals surface area contributed by atoms with E-state index in [1.807, 2.05) is 45.0 Å². The number of aryl methyl sites for hydroxylation is 3. The maximum absolute atomic E-state index is 12.5. The summed E-state index contributed by atoms with van der Waals surface area (Å²) < 4.78 is 92.2. The van der Waals surface area contributed by atoms with Crippen molar-refractivity contribution in [3.05, 3.63) is 202 Å². The molecule has 9 aromatic rings. The van der Waals surface area contributed by atoms with E-state index < -0.39 is 37.4 Å². The number of nitrogens with one attached hydrogen (secondary N) is 2. The van der Waals surface area contributed by atoms with Gasteiger partial charge < -0.3 is 43.7 Å². The Morgan fingerprint density at radius 2 is 0.942 bits per heavy atom. The third-order valence-electron chi connectivity index (χ3n) is 10.8. The molecule has 6 aromatic carbocycles. The van der Waals surface area contributed by atoms with Crippen LogP contribution in [0.5, 0.6) is 0 Å². The number of sulfonamides is 2. The van der Waals surface area contributed by atoms with E-state index in [-0.39, 0.29) is 68.4 Å². The summed E-state index contributed by atoms with van der Waals surface area (Å²) in [7, 11) is -8.96. The Kier molecular flexibility index (Phi) is 26.8. The number of halogens is 1. The largest absolute Gasteiger partial charge is 1.00 e. The molecule has 3 heterocycles. The standard InChI is InChI=1S/C17H16N6O2S.C17H15N5O2S.C10H9N5.C7H7ClO2S.HNO2.Na.HO4P.H2/c1-11-2-5-14(6-3-11)26(24,25)22-13-4-7-15(19)16(8-13)23-17(20)12(9-18)10-21-23;1-12-5-7-16(8-6-12)25(23,24)21-14-3-2-4-15(9-14)22-17(19)13(10-18)11-20-22;11-5-7-6-14-15(10(7)13)9-3-1-2-8(12)4-9;1-6-2-4-7(5-3-6)11(8,9)10;2-1-3;;1-4-5(2)3;/h2-8,10,22H,19-20H2,1H3;2-9,11,21H,19H2,1H3;1-4,6H,12-13H2;2-5H,1H3;(H,2,3);;1H;1H/q;;;;;+1;;/p-1. The van der Waals surface area contributed by atoms with Crippen LogP contribution in [0, 0.1) is 64.9 Å². The summed E-state index contributed by atoms with van der Waals surface area (Å²) in [4.78, 5) is 17.4. The van der Waals surface area contributed by atoms with Crippen LogP contribution in [0.3, 0.4) is 0 Å². The number of benzene rings is 6. The molecule has 9 rings (SSSR count). The quantitative estimate of drug-likeness (QED) is 0.0170. The van der Waals surface area contributed by atoms with Gasteiger partial charge in [-0.3, -0.25) is 9.44 Å². The Balaban J connectivity index is 0.000000391. The van der Waals surface area contributed by atoms with Gasteiger partial charge in [0.2, 0.25) is 0 Å². The van der Waals surface area contributed by atoms with Crippen molar-refractivity contribution in [2.45, 2.75) is 35.5 Å². The fourth-order valence-electron chi connectivity index (χ4n) is 6.65. The number of anilines is 7. The molecule has 0 fully saturated rings. The zero-order valence-electron chi connectivity index (χ0n) is 45.4. The zero-order chi connectivity index (χ0) is 63.2. The first kappa shape index (κ1) is 70.8. The summed E-state index contributed by atoms with van der Waals surface area (Å²) in [5, 5.41) is 54.8. The molecule has 0 aliphatic heterocycles. The van der Waals surface area contributed by atoms with E-state index in [1.54, 1.807) is 91.0 Å².